The van der Waals surface area contributed by atoms with E-state index in [0.717, 1.165) is 55.5 Å². The molecule has 0 bridgehead atoms. The van der Waals surface area contributed by atoms with E-state index in [2.05, 4.69) is 24.8 Å². The van der Waals surface area contributed by atoms with Gasteiger partial charge < -0.3 is 24.3 Å². The number of hydrogen-bond donors (Lipinski definition) is 1. The minimum absolute atomic E-state index is 0.0773. The Kier molecular flexibility index (Phi) is 6.39. The standard InChI is InChI=1S/C24H30N6O3/c1-2-26-23(31)17-13-20-21(27-15-17)14-22(29-9-11-32-12-10-29)28-24(20)33-19-5-3-18(4-6-19)30-8-7-25-16-30/h7-8,13-16,18-19H,2-6,9-12H2,1H3,(H,26,31)/t18-,19+. The number of imidazole rings is 1. The van der Waals surface area contributed by atoms with Crippen molar-refractivity contribution in [2.24, 2.45) is 0 Å². The first kappa shape index (κ1) is 21.6. The topological polar surface area (TPSA) is 94.4 Å². The maximum Gasteiger partial charge on any atom is 0.252 e. The van der Waals surface area contributed by atoms with Crippen molar-refractivity contribution in [3.05, 3.63) is 42.6 Å². The summed E-state index contributed by atoms with van der Waals surface area (Å²) in [5, 5.41) is 3.61. The van der Waals surface area contributed by atoms with Crippen molar-refractivity contribution < 1.29 is 14.3 Å². The predicted octanol–water partition coefficient (Wildman–Crippen LogP) is 2.98. The molecule has 1 N–H and O–H groups in total. The van der Waals surface area contributed by atoms with E-state index in [1.54, 1.807) is 6.20 Å². The second-order valence-corrected chi connectivity index (χ2v) is 8.59. The minimum Gasteiger partial charge on any atom is -0.474 e. The highest BCUT2D eigenvalue weighted by molar-refractivity contribution is 5.98. The van der Waals surface area contributed by atoms with Crippen LogP contribution in [0.3, 0.4) is 0 Å². The van der Waals surface area contributed by atoms with Crippen molar-refractivity contribution in [1.82, 2.24) is 24.8 Å². The first-order chi connectivity index (χ1) is 16.2. The molecular formula is C24H30N6O3. The van der Waals surface area contributed by atoms with Gasteiger partial charge in [-0.3, -0.25) is 9.78 Å². The minimum atomic E-state index is -0.143. The van der Waals surface area contributed by atoms with Crippen molar-refractivity contribution in [2.75, 3.05) is 37.7 Å². The zero-order valence-corrected chi connectivity index (χ0v) is 18.9. The van der Waals surface area contributed by atoms with E-state index >= 15 is 0 Å². The Labute approximate surface area is 193 Å². The number of pyridine rings is 2. The third-order valence-electron chi connectivity index (χ3n) is 6.43. The van der Waals surface area contributed by atoms with Crippen LogP contribution >= 0.6 is 0 Å². The lowest BCUT2D eigenvalue weighted by Gasteiger charge is -2.31. The lowest BCUT2D eigenvalue weighted by molar-refractivity contribution is 0.0955. The highest BCUT2D eigenvalue weighted by atomic mass is 16.5. The number of fused-ring (bicyclic) bond motifs is 1. The van der Waals surface area contributed by atoms with Gasteiger partial charge in [0.15, 0.2) is 0 Å². The number of carbonyl (C=O) groups excluding carboxylic acids is 1. The number of carbonyl (C=O) groups is 1. The quantitative estimate of drug-likeness (QED) is 0.617. The van der Waals surface area contributed by atoms with E-state index in [4.69, 9.17) is 14.5 Å². The number of nitrogens with one attached hydrogen (secondary N) is 1. The van der Waals surface area contributed by atoms with E-state index in [0.29, 0.717) is 37.2 Å². The number of aromatic nitrogens is 4. The fraction of sp³-hybridized carbons (Fsp3) is 0.500. The molecule has 9 nitrogen and oxygen atoms in total. The number of ether oxygens (including phenoxy) is 2. The Morgan fingerprint density at radius 1 is 1.21 bits per heavy atom. The SMILES string of the molecule is CCNC(=O)c1cnc2cc(N3CCOCC3)nc(O[C@H]3CC[C@@H](n4ccnc4)CC3)c2c1. The van der Waals surface area contributed by atoms with E-state index < -0.39 is 0 Å². The van der Waals surface area contributed by atoms with Crippen LogP contribution in [0.15, 0.2) is 37.1 Å². The normalized spacial score (nSPS) is 21.2. The third-order valence-corrected chi connectivity index (χ3v) is 6.43. The maximum atomic E-state index is 12.4. The first-order valence-corrected chi connectivity index (χ1v) is 11.8. The fourth-order valence-electron chi connectivity index (χ4n) is 4.62. The number of anilines is 1. The molecule has 0 aromatic carbocycles. The van der Waals surface area contributed by atoms with Crippen molar-refractivity contribution in [3.8, 4) is 5.88 Å². The van der Waals surface area contributed by atoms with E-state index in [9.17, 15) is 4.79 Å². The Morgan fingerprint density at radius 3 is 2.76 bits per heavy atom. The molecule has 2 aliphatic rings. The van der Waals surface area contributed by atoms with Crippen molar-refractivity contribution in [3.63, 3.8) is 0 Å². The van der Waals surface area contributed by atoms with Gasteiger partial charge in [-0.05, 0) is 38.7 Å². The second kappa shape index (κ2) is 9.74. The van der Waals surface area contributed by atoms with Gasteiger partial charge in [-0.2, -0.15) is 4.98 Å². The smallest absolute Gasteiger partial charge is 0.252 e. The second-order valence-electron chi connectivity index (χ2n) is 8.59. The van der Waals surface area contributed by atoms with Crippen LogP contribution in [0.5, 0.6) is 5.88 Å². The zero-order chi connectivity index (χ0) is 22.6. The highest BCUT2D eigenvalue weighted by Crippen LogP contribution is 2.34. The van der Waals surface area contributed by atoms with Crippen LogP contribution in [0.1, 0.15) is 49.0 Å². The molecule has 3 aromatic heterocycles. The van der Waals surface area contributed by atoms with Gasteiger partial charge in [0.1, 0.15) is 11.9 Å². The monoisotopic (exact) mass is 450 g/mol. The summed E-state index contributed by atoms with van der Waals surface area (Å²) in [6.45, 7) is 5.39. The summed E-state index contributed by atoms with van der Waals surface area (Å²) in [5.41, 5.74) is 1.29. The van der Waals surface area contributed by atoms with Crippen LogP contribution in [0, 0.1) is 0 Å². The van der Waals surface area contributed by atoms with Gasteiger partial charge in [0, 0.05) is 50.3 Å². The van der Waals surface area contributed by atoms with Gasteiger partial charge >= 0.3 is 0 Å². The number of amides is 1. The fourth-order valence-corrected chi connectivity index (χ4v) is 4.62. The maximum absolute atomic E-state index is 12.4. The van der Waals surface area contributed by atoms with Crippen LogP contribution < -0.4 is 15.0 Å². The molecule has 9 heteroatoms. The Bertz CT molecular complexity index is 1090. The molecule has 2 fully saturated rings. The molecule has 1 saturated carbocycles. The van der Waals surface area contributed by atoms with Gasteiger partial charge in [-0.25, -0.2) is 4.98 Å². The number of nitrogens with zero attached hydrogens (tertiary/aromatic N) is 5. The molecule has 1 aliphatic carbocycles. The van der Waals surface area contributed by atoms with E-state index in [1.807, 2.05) is 37.8 Å². The molecular weight excluding hydrogens is 420 g/mol. The van der Waals surface area contributed by atoms with Gasteiger partial charge in [0.25, 0.3) is 5.91 Å². The number of hydrogen-bond acceptors (Lipinski definition) is 7. The predicted molar refractivity (Wildman–Crippen MR) is 125 cm³/mol. The molecule has 0 spiro atoms. The molecule has 0 atom stereocenters. The summed E-state index contributed by atoms with van der Waals surface area (Å²) in [4.78, 5) is 28.3. The summed E-state index contributed by atoms with van der Waals surface area (Å²) in [6, 6.07) is 4.28. The van der Waals surface area contributed by atoms with Gasteiger partial charge in [0.2, 0.25) is 5.88 Å². The van der Waals surface area contributed by atoms with Gasteiger partial charge in [0.05, 0.1) is 36.0 Å². The average molecular weight is 451 g/mol. The molecule has 3 aromatic rings. The number of rotatable bonds is 6. The van der Waals surface area contributed by atoms with Crippen molar-refractivity contribution in [1.29, 1.82) is 0 Å². The molecule has 1 aliphatic heterocycles. The summed E-state index contributed by atoms with van der Waals surface area (Å²) in [7, 11) is 0. The molecule has 4 heterocycles. The Balaban J connectivity index is 1.42. The van der Waals surface area contributed by atoms with Crippen molar-refractivity contribution in [2.45, 2.75) is 44.8 Å². The lowest BCUT2D eigenvalue weighted by atomic mass is 9.93. The number of morpholine rings is 1. The third kappa shape index (κ3) is 4.78. The molecule has 1 amide bonds. The largest absolute Gasteiger partial charge is 0.474 e. The molecule has 5 rings (SSSR count). The van der Waals surface area contributed by atoms with Crippen LogP contribution in [0.4, 0.5) is 5.82 Å². The molecule has 174 valence electrons. The molecule has 0 unspecified atom stereocenters. The van der Waals surface area contributed by atoms with E-state index in [1.165, 1.54) is 0 Å². The first-order valence-electron chi connectivity index (χ1n) is 11.8. The van der Waals surface area contributed by atoms with Crippen LogP contribution in [0.2, 0.25) is 0 Å². The molecule has 33 heavy (non-hydrogen) atoms. The summed E-state index contributed by atoms with van der Waals surface area (Å²) in [5.74, 6) is 1.25. The van der Waals surface area contributed by atoms with Crippen molar-refractivity contribution >= 4 is 22.6 Å². The lowest BCUT2D eigenvalue weighted by Crippen LogP contribution is -2.36. The highest BCUT2D eigenvalue weighted by Gasteiger charge is 2.25. The Morgan fingerprint density at radius 2 is 2.03 bits per heavy atom. The molecule has 1 saturated heterocycles. The van der Waals surface area contributed by atoms with Crippen LogP contribution in [-0.2, 0) is 4.74 Å². The Hall–Kier alpha value is -3.20. The summed E-state index contributed by atoms with van der Waals surface area (Å²) in [6.07, 6.45) is 11.4. The van der Waals surface area contributed by atoms with Gasteiger partial charge in [-0.15, -0.1) is 0 Å². The van der Waals surface area contributed by atoms with E-state index in [-0.39, 0.29) is 12.0 Å². The summed E-state index contributed by atoms with van der Waals surface area (Å²) >= 11 is 0. The van der Waals surface area contributed by atoms with Crippen LogP contribution in [-0.4, -0.2) is 64.4 Å². The summed E-state index contributed by atoms with van der Waals surface area (Å²) < 4.78 is 14.2. The van der Waals surface area contributed by atoms with Gasteiger partial charge in [-0.1, -0.05) is 0 Å². The molecule has 0 radical (unpaired) electrons. The zero-order valence-electron chi connectivity index (χ0n) is 18.9. The van der Waals surface area contributed by atoms with Crippen LogP contribution in [0.25, 0.3) is 10.9 Å². The average Bonchev–Trinajstić information content (AvgIpc) is 3.40.